The van der Waals surface area contributed by atoms with Crippen LogP contribution in [0.5, 0.6) is 0 Å². The van der Waals surface area contributed by atoms with Crippen molar-refractivity contribution < 1.29 is 9.53 Å². The molecule has 1 saturated heterocycles. The standard InChI is InChI=1S/C8H14ClNO2/c1-6-5-12-4-3-10(6)8(11)7(2)9/h6-7H,3-5H2,1-2H3/t6-,7?/m1/s1. The van der Waals surface area contributed by atoms with Crippen LogP contribution in [0.1, 0.15) is 13.8 Å². The SMILES string of the molecule is CC(Cl)C(=O)N1CCOC[C@H]1C. The van der Waals surface area contributed by atoms with E-state index in [1.807, 2.05) is 6.92 Å². The minimum absolute atomic E-state index is 0.00691. The minimum Gasteiger partial charge on any atom is -0.377 e. The Morgan fingerprint density at radius 2 is 2.42 bits per heavy atom. The highest BCUT2D eigenvalue weighted by Crippen LogP contribution is 2.10. The van der Waals surface area contributed by atoms with Crippen LogP contribution in [0.4, 0.5) is 0 Å². The molecule has 1 fully saturated rings. The Morgan fingerprint density at radius 1 is 1.75 bits per heavy atom. The molecule has 70 valence electrons. The van der Waals surface area contributed by atoms with Crippen LogP contribution in [0.3, 0.4) is 0 Å². The van der Waals surface area contributed by atoms with Crippen molar-refractivity contribution in [3.8, 4) is 0 Å². The van der Waals surface area contributed by atoms with Crippen molar-refractivity contribution in [1.29, 1.82) is 0 Å². The topological polar surface area (TPSA) is 29.5 Å². The lowest BCUT2D eigenvalue weighted by Crippen LogP contribution is -2.49. The fraction of sp³-hybridized carbons (Fsp3) is 0.875. The maximum Gasteiger partial charge on any atom is 0.240 e. The molecule has 0 aromatic rings. The summed E-state index contributed by atoms with van der Waals surface area (Å²) < 4.78 is 5.20. The Morgan fingerprint density at radius 3 is 2.92 bits per heavy atom. The highest BCUT2D eigenvalue weighted by atomic mass is 35.5. The molecule has 3 nitrogen and oxygen atoms in total. The van der Waals surface area contributed by atoms with Crippen LogP contribution in [0.25, 0.3) is 0 Å². The third-order valence-electron chi connectivity index (χ3n) is 1.99. The molecule has 1 aliphatic heterocycles. The Balaban J connectivity index is 2.53. The number of morpholine rings is 1. The van der Waals surface area contributed by atoms with Crippen LogP contribution in [0, 0.1) is 0 Å². The molecule has 1 unspecified atom stereocenters. The monoisotopic (exact) mass is 191 g/mol. The number of rotatable bonds is 1. The number of nitrogens with zero attached hydrogens (tertiary/aromatic N) is 1. The maximum atomic E-state index is 11.4. The van der Waals surface area contributed by atoms with Gasteiger partial charge in [-0.2, -0.15) is 0 Å². The lowest BCUT2D eigenvalue weighted by Gasteiger charge is -2.34. The van der Waals surface area contributed by atoms with Gasteiger partial charge in [-0.1, -0.05) is 0 Å². The Bertz CT molecular complexity index is 172. The fourth-order valence-corrected chi connectivity index (χ4v) is 1.41. The van der Waals surface area contributed by atoms with Gasteiger partial charge in [-0.15, -0.1) is 11.6 Å². The van der Waals surface area contributed by atoms with Crippen LogP contribution < -0.4 is 0 Å². The minimum atomic E-state index is -0.425. The van der Waals surface area contributed by atoms with Gasteiger partial charge in [0.2, 0.25) is 5.91 Å². The second-order valence-electron chi connectivity index (χ2n) is 3.07. The molecule has 1 aliphatic rings. The Kier molecular flexibility index (Phi) is 3.35. The van der Waals surface area contributed by atoms with E-state index in [1.54, 1.807) is 11.8 Å². The Labute approximate surface area is 77.6 Å². The van der Waals surface area contributed by atoms with E-state index in [2.05, 4.69) is 0 Å². The van der Waals surface area contributed by atoms with Gasteiger partial charge in [0.05, 0.1) is 19.3 Å². The van der Waals surface area contributed by atoms with Gasteiger partial charge in [-0.05, 0) is 13.8 Å². The van der Waals surface area contributed by atoms with E-state index in [1.165, 1.54) is 0 Å². The van der Waals surface area contributed by atoms with Crippen molar-refractivity contribution in [3.05, 3.63) is 0 Å². The molecule has 1 heterocycles. The van der Waals surface area contributed by atoms with E-state index in [-0.39, 0.29) is 11.9 Å². The van der Waals surface area contributed by atoms with E-state index in [0.29, 0.717) is 19.8 Å². The van der Waals surface area contributed by atoms with Crippen LogP contribution in [-0.4, -0.2) is 42.0 Å². The summed E-state index contributed by atoms with van der Waals surface area (Å²) in [6.45, 7) is 5.58. The first-order chi connectivity index (χ1) is 5.63. The van der Waals surface area contributed by atoms with Crippen molar-refractivity contribution in [3.63, 3.8) is 0 Å². The van der Waals surface area contributed by atoms with Crippen LogP contribution in [0.2, 0.25) is 0 Å². The predicted octanol–water partition coefficient (Wildman–Crippen LogP) is 0.861. The van der Waals surface area contributed by atoms with Gasteiger partial charge in [-0.25, -0.2) is 0 Å². The number of halogens is 1. The third kappa shape index (κ3) is 2.11. The van der Waals surface area contributed by atoms with E-state index in [0.717, 1.165) is 0 Å². The summed E-state index contributed by atoms with van der Waals surface area (Å²) in [5.74, 6) is 0.00691. The lowest BCUT2D eigenvalue weighted by molar-refractivity contribution is -0.138. The zero-order chi connectivity index (χ0) is 9.14. The number of alkyl halides is 1. The summed E-state index contributed by atoms with van der Waals surface area (Å²) >= 11 is 5.69. The molecule has 0 aromatic carbocycles. The highest BCUT2D eigenvalue weighted by molar-refractivity contribution is 6.30. The number of ether oxygens (including phenoxy) is 1. The normalized spacial score (nSPS) is 26.9. The molecule has 0 bridgehead atoms. The molecule has 1 rings (SSSR count). The molecule has 4 heteroatoms. The van der Waals surface area contributed by atoms with E-state index in [9.17, 15) is 4.79 Å². The first-order valence-corrected chi connectivity index (χ1v) is 4.59. The molecule has 0 aliphatic carbocycles. The first kappa shape index (κ1) is 9.81. The number of amides is 1. The van der Waals surface area contributed by atoms with Crippen molar-refractivity contribution >= 4 is 17.5 Å². The summed E-state index contributed by atoms with van der Waals surface area (Å²) in [5.41, 5.74) is 0. The number of hydrogen-bond donors (Lipinski definition) is 0. The van der Waals surface area contributed by atoms with Crippen LogP contribution in [-0.2, 0) is 9.53 Å². The third-order valence-corrected chi connectivity index (χ3v) is 2.18. The maximum absolute atomic E-state index is 11.4. The zero-order valence-corrected chi connectivity index (χ0v) is 8.17. The van der Waals surface area contributed by atoms with Crippen molar-refractivity contribution in [2.75, 3.05) is 19.8 Å². The molecule has 0 radical (unpaired) electrons. The highest BCUT2D eigenvalue weighted by Gasteiger charge is 2.25. The smallest absolute Gasteiger partial charge is 0.240 e. The van der Waals surface area contributed by atoms with Gasteiger partial charge in [0.25, 0.3) is 0 Å². The fourth-order valence-electron chi connectivity index (χ4n) is 1.28. The zero-order valence-electron chi connectivity index (χ0n) is 7.42. The molecular weight excluding hydrogens is 178 g/mol. The van der Waals surface area contributed by atoms with Crippen LogP contribution >= 0.6 is 11.6 Å². The summed E-state index contributed by atoms with van der Waals surface area (Å²) in [7, 11) is 0. The molecule has 0 N–H and O–H groups in total. The number of hydrogen-bond acceptors (Lipinski definition) is 2. The van der Waals surface area contributed by atoms with Crippen molar-refractivity contribution in [1.82, 2.24) is 4.90 Å². The van der Waals surface area contributed by atoms with Gasteiger partial charge >= 0.3 is 0 Å². The van der Waals surface area contributed by atoms with Gasteiger partial charge in [0.15, 0.2) is 0 Å². The molecule has 0 aromatic heterocycles. The average Bonchev–Trinajstić information content (AvgIpc) is 2.04. The largest absolute Gasteiger partial charge is 0.377 e. The lowest BCUT2D eigenvalue weighted by atomic mass is 10.2. The second-order valence-corrected chi connectivity index (χ2v) is 3.73. The molecule has 1 amide bonds. The van der Waals surface area contributed by atoms with Crippen molar-refractivity contribution in [2.45, 2.75) is 25.3 Å². The van der Waals surface area contributed by atoms with Gasteiger partial charge in [0, 0.05) is 6.54 Å². The predicted molar refractivity (Wildman–Crippen MR) is 47.3 cm³/mol. The van der Waals surface area contributed by atoms with Crippen LogP contribution in [0.15, 0.2) is 0 Å². The van der Waals surface area contributed by atoms with E-state index < -0.39 is 5.38 Å². The van der Waals surface area contributed by atoms with E-state index >= 15 is 0 Å². The van der Waals surface area contributed by atoms with Gasteiger partial charge in [0.1, 0.15) is 5.38 Å². The average molecular weight is 192 g/mol. The van der Waals surface area contributed by atoms with Crippen molar-refractivity contribution in [2.24, 2.45) is 0 Å². The van der Waals surface area contributed by atoms with E-state index in [4.69, 9.17) is 16.3 Å². The quantitative estimate of drug-likeness (QED) is 0.576. The second kappa shape index (κ2) is 4.10. The molecule has 0 saturated carbocycles. The first-order valence-electron chi connectivity index (χ1n) is 4.15. The number of carbonyl (C=O) groups excluding carboxylic acids is 1. The van der Waals surface area contributed by atoms with Gasteiger partial charge in [-0.3, -0.25) is 4.79 Å². The molecule has 0 spiro atoms. The Hall–Kier alpha value is -0.280. The summed E-state index contributed by atoms with van der Waals surface area (Å²) in [5, 5.41) is -0.425. The molecule has 12 heavy (non-hydrogen) atoms. The summed E-state index contributed by atoms with van der Waals surface area (Å²) in [6, 6.07) is 0.160. The molecular formula is C8H14ClNO2. The summed E-state index contributed by atoms with van der Waals surface area (Å²) in [6.07, 6.45) is 0. The number of carbonyl (C=O) groups is 1. The van der Waals surface area contributed by atoms with Gasteiger partial charge < -0.3 is 9.64 Å². The summed E-state index contributed by atoms with van der Waals surface area (Å²) in [4.78, 5) is 13.2. The molecule has 2 atom stereocenters.